The Hall–Kier alpha value is -1.30. The van der Waals surface area contributed by atoms with Crippen molar-refractivity contribution in [1.82, 2.24) is 10.6 Å². The fourth-order valence-electron chi connectivity index (χ4n) is 1.33. The van der Waals surface area contributed by atoms with Gasteiger partial charge in [0.05, 0.1) is 6.10 Å². The van der Waals surface area contributed by atoms with Crippen LogP contribution in [0, 0.1) is 0 Å². The molecule has 1 aliphatic rings. The standard InChI is InChI=1S/C8H14N2O4/c1-9-8(13)10-4-5-2-3-6(14-5)7(11)12/h5-6H,2-4H2,1H3,(H,11,12)(H2,9,10,13)/t5-,6+/m1/s1. The van der Waals surface area contributed by atoms with Crippen LogP contribution >= 0.6 is 0 Å². The van der Waals surface area contributed by atoms with Crippen molar-refractivity contribution in [3.63, 3.8) is 0 Å². The molecule has 3 N–H and O–H groups in total. The fourth-order valence-corrected chi connectivity index (χ4v) is 1.33. The van der Waals surface area contributed by atoms with Crippen molar-refractivity contribution < 1.29 is 19.4 Å². The molecule has 0 aromatic carbocycles. The molecule has 0 saturated carbocycles. The minimum Gasteiger partial charge on any atom is -0.479 e. The third-order valence-electron chi connectivity index (χ3n) is 2.10. The fraction of sp³-hybridized carbons (Fsp3) is 0.750. The largest absolute Gasteiger partial charge is 0.479 e. The van der Waals surface area contributed by atoms with E-state index >= 15 is 0 Å². The molecule has 0 aliphatic carbocycles. The van der Waals surface area contributed by atoms with Crippen LogP contribution in [0.25, 0.3) is 0 Å². The van der Waals surface area contributed by atoms with E-state index in [0.717, 1.165) is 0 Å². The van der Waals surface area contributed by atoms with Crippen LogP contribution < -0.4 is 10.6 Å². The van der Waals surface area contributed by atoms with Crippen LogP contribution in [0.1, 0.15) is 12.8 Å². The lowest BCUT2D eigenvalue weighted by atomic mass is 10.2. The Labute approximate surface area is 81.6 Å². The smallest absolute Gasteiger partial charge is 0.332 e. The van der Waals surface area contributed by atoms with Gasteiger partial charge in [-0.25, -0.2) is 9.59 Å². The first-order chi connectivity index (χ1) is 6.63. The summed E-state index contributed by atoms with van der Waals surface area (Å²) in [7, 11) is 1.52. The van der Waals surface area contributed by atoms with Crippen LogP contribution in [0.4, 0.5) is 4.79 Å². The maximum absolute atomic E-state index is 10.8. The molecule has 0 radical (unpaired) electrons. The van der Waals surface area contributed by atoms with E-state index in [4.69, 9.17) is 9.84 Å². The van der Waals surface area contributed by atoms with Crippen molar-refractivity contribution >= 4 is 12.0 Å². The molecule has 1 saturated heterocycles. The molecule has 1 aliphatic heterocycles. The van der Waals surface area contributed by atoms with Crippen molar-refractivity contribution in [1.29, 1.82) is 0 Å². The lowest BCUT2D eigenvalue weighted by molar-refractivity contribution is -0.149. The Bertz CT molecular complexity index is 231. The number of amides is 2. The number of urea groups is 1. The summed E-state index contributed by atoms with van der Waals surface area (Å²) in [4.78, 5) is 21.3. The maximum Gasteiger partial charge on any atom is 0.332 e. The van der Waals surface area contributed by atoms with Crippen molar-refractivity contribution in [2.75, 3.05) is 13.6 Å². The second kappa shape index (κ2) is 4.80. The summed E-state index contributed by atoms with van der Waals surface area (Å²) in [5.41, 5.74) is 0. The average Bonchev–Trinajstić information content (AvgIpc) is 2.62. The van der Waals surface area contributed by atoms with Gasteiger partial charge in [-0.1, -0.05) is 0 Å². The highest BCUT2D eigenvalue weighted by molar-refractivity contribution is 5.73. The minimum atomic E-state index is -0.938. The third-order valence-corrected chi connectivity index (χ3v) is 2.10. The zero-order valence-corrected chi connectivity index (χ0v) is 7.95. The summed E-state index contributed by atoms with van der Waals surface area (Å²) in [5.74, 6) is -0.938. The molecule has 0 aromatic heterocycles. The summed E-state index contributed by atoms with van der Waals surface area (Å²) < 4.78 is 5.18. The summed E-state index contributed by atoms with van der Waals surface area (Å²) in [5, 5.41) is 13.6. The molecule has 0 aromatic rings. The second-order valence-electron chi connectivity index (χ2n) is 3.12. The van der Waals surface area contributed by atoms with E-state index < -0.39 is 12.1 Å². The van der Waals surface area contributed by atoms with Gasteiger partial charge in [0, 0.05) is 13.6 Å². The molecular formula is C8H14N2O4. The summed E-state index contributed by atoms with van der Waals surface area (Å²) in [6, 6.07) is -0.285. The van der Waals surface area contributed by atoms with Crippen LogP contribution in [-0.2, 0) is 9.53 Å². The van der Waals surface area contributed by atoms with E-state index in [1.165, 1.54) is 7.05 Å². The van der Waals surface area contributed by atoms with Gasteiger partial charge in [-0.05, 0) is 12.8 Å². The molecule has 2 amide bonds. The zero-order chi connectivity index (χ0) is 10.6. The van der Waals surface area contributed by atoms with Gasteiger partial charge in [-0.15, -0.1) is 0 Å². The van der Waals surface area contributed by atoms with Gasteiger partial charge < -0.3 is 20.5 Å². The van der Waals surface area contributed by atoms with Crippen LogP contribution in [-0.4, -0.2) is 42.9 Å². The van der Waals surface area contributed by atoms with E-state index in [-0.39, 0.29) is 12.1 Å². The van der Waals surface area contributed by atoms with E-state index in [9.17, 15) is 9.59 Å². The monoisotopic (exact) mass is 202 g/mol. The first-order valence-electron chi connectivity index (χ1n) is 4.47. The number of carboxylic acids is 1. The van der Waals surface area contributed by atoms with Crippen LogP contribution in [0.3, 0.4) is 0 Å². The predicted molar refractivity (Wildman–Crippen MR) is 48.0 cm³/mol. The molecule has 2 atom stereocenters. The topological polar surface area (TPSA) is 87.7 Å². The van der Waals surface area contributed by atoms with E-state index in [0.29, 0.717) is 19.4 Å². The zero-order valence-electron chi connectivity index (χ0n) is 7.95. The number of carbonyl (C=O) groups excluding carboxylic acids is 1. The first-order valence-corrected chi connectivity index (χ1v) is 4.47. The normalized spacial score (nSPS) is 25.8. The average molecular weight is 202 g/mol. The Kier molecular flexibility index (Phi) is 3.70. The van der Waals surface area contributed by atoms with E-state index in [1.54, 1.807) is 0 Å². The molecule has 1 heterocycles. The lowest BCUT2D eigenvalue weighted by Crippen LogP contribution is -2.38. The third kappa shape index (κ3) is 2.88. The van der Waals surface area contributed by atoms with Crippen molar-refractivity contribution in [2.24, 2.45) is 0 Å². The highest BCUT2D eigenvalue weighted by Crippen LogP contribution is 2.18. The number of nitrogens with one attached hydrogen (secondary N) is 2. The summed E-state index contributed by atoms with van der Waals surface area (Å²) >= 11 is 0. The molecule has 6 nitrogen and oxygen atoms in total. The number of aliphatic carboxylic acids is 1. The lowest BCUT2D eigenvalue weighted by Gasteiger charge is -2.11. The number of hydrogen-bond donors (Lipinski definition) is 3. The van der Waals surface area contributed by atoms with Crippen LogP contribution in [0.5, 0.6) is 0 Å². The van der Waals surface area contributed by atoms with Gasteiger partial charge >= 0.3 is 12.0 Å². The number of carbonyl (C=O) groups is 2. The molecule has 1 fully saturated rings. The minimum absolute atomic E-state index is 0.187. The van der Waals surface area contributed by atoms with E-state index in [1.807, 2.05) is 0 Å². The Morgan fingerprint density at radius 3 is 2.71 bits per heavy atom. The first kappa shape index (κ1) is 10.8. The highest BCUT2D eigenvalue weighted by atomic mass is 16.5. The Morgan fingerprint density at radius 1 is 1.50 bits per heavy atom. The Balaban J connectivity index is 2.22. The summed E-state index contributed by atoms with van der Waals surface area (Å²) in [6.45, 7) is 0.351. The van der Waals surface area contributed by atoms with Crippen molar-refractivity contribution in [3.05, 3.63) is 0 Å². The molecule has 0 unspecified atom stereocenters. The molecule has 80 valence electrons. The number of hydrogen-bond acceptors (Lipinski definition) is 3. The van der Waals surface area contributed by atoms with Gasteiger partial charge in [-0.3, -0.25) is 0 Å². The number of ether oxygens (including phenoxy) is 1. The van der Waals surface area contributed by atoms with Gasteiger partial charge in [0.1, 0.15) is 0 Å². The highest BCUT2D eigenvalue weighted by Gasteiger charge is 2.30. The molecule has 0 bridgehead atoms. The molecule has 14 heavy (non-hydrogen) atoms. The molecular weight excluding hydrogens is 188 g/mol. The molecule has 6 heteroatoms. The van der Waals surface area contributed by atoms with Gasteiger partial charge in [0.15, 0.2) is 6.10 Å². The quantitative estimate of drug-likeness (QED) is 0.578. The van der Waals surface area contributed by atoms with Crippen molar-refractivity contribution in [3.8, 4) is 0 Å². The van der Waals surface area contributed by atoms with Crippen molar-refractivity contribution in [2.45, 2.75) is 25.0 Å². The Morgan fingerprint density at radius 2 is 2.21 bits per heavy atom. The molecule has 0 spiro atoms. The molecule has 1 rings (SSSR count). The van der Waals surface area contributed by atoms with Crippen LogP contribution in [0.15, 0.2) is 0 Å². The number of carboxylic acid groups (broad SMARTS) is 1. The summed E-state index contributed by atoms with van der Waals surface area (Å²) in [6.07, 6.45) is 0.274. The van der Waals surface area contributed by atoms with Gasteiger partial charge in [-0.2, -0.15) is 0 Å². The van der Waals surface area contributed by atoms with E-state index in [2.05, 4.69) is 10.6 Å². The maximum atomic E-state index is 10.8. The predicted octanol–water partition coefficient (Wildman–Crippen LogP) is -0.452. The SMILES string of the molecule is CNC(=O)NC[C@H]1CC[C@@H](C(=O)O)O1. The van der Waals surface area contributed by atoms with Gasteiger partial charge in [0.25, 0.3) is 0 Å². The van der Waals surface area contributed by atoms with Crippen LogP contribution in [0.2, 0.25) is 0 Å². The number of rotatable bonds is 3. The second-order valence-corrected chi connectivity index (χ2v) is 3.12. The van der Waals surface area contributed by atoms with Gasteiger partial charge in [0.2, 0.25) is 0 Å².